The Morgan fingerprint density at radius 1 is 0.875 bits per heavy atom. The molecule has 1 aliphatic rings. The molecule has 0 unspecified atom stereocenters. The molecule has 0 radical (unpaired) electrons. The lowest BCUT2D eigenvalue weighted by Gasteiger charge is -2.33. The van der Waals surface area contributed by atoms with E-state index in [4.69, 9.17) is 0 Å². The molecule has 1 aliphatic heterocycles. The minimum Gasteiger partial charge on any atom is -0.371 e. The molecule has 0 atom stereocenters. The molecule has 0 bridgehead atoms. The molecule has 122 valence electrons. The van der Waals surface area contributed by atoms with Crippen molar-refractivity contribution in [1.82, 2.24) is 19.5 Å². The largest absolute Gasteiger partial charge is 0.371 e. The maximum Gasteiger partial charge on any atom is 0.112 e. The first-order valence-corrected chi connectivity index (χ1v) is 8.45. The Bertz CT molecular complexity index is 761. The van der Waals surface area contributed by atoms with Gasteiger partial charge < -0.3 is 9.47 Å². The zero-order chi connectivity index (χ0) is 16.2. The molecule has 0 amide bonds. The number of aromatic nitrogens is 4. The quantitative estimate of drug-likeness (QED) is 0.741. The highest BCUT2D eigenvalue weighted by Crippen LogP contribution is 2.29. The summed E-state index contributed by atoms with van der Waals surface area (Å²) >= 11 is 0. The van der Waals surface area contributed by atoms with Crippen molar-refractivity contribution in [2.45, 2.75) is 25.3 Å². The first kappa shape index (κ1) is 14.9. The summed E-state index contributed by atoms with van der Waals surface area (Å²) in [5.41, 5.74) is 2.53. The van der Waals surface area contributed by atoms with E-state index in [1.165, 1.54) is 17.1 Å². The highest BCUT2D eigenvalue weighted by atomic mass is 15.1. The Kier molecular flexibility index (Phi) is 4.23. The van der Waals surface area contributed by atoms with E-state index in [0.717, 1.165) is 32.5 Å². The summed E-state index contributed by atoms with van der Waals surface area (Å²) < 4.78 is 2.28. The van der Waals surface area contributed by atoms with E-state index in [2.05, 4.69) is 54.9 Å². The van der Waals surface area contributed by atoms with Crippen molar-refractivity contribution in [3.63, 3.8) is 0 Å². The molecule has 0 aromatic carbocycles. The summed E-state index contributed by atoms with van der Waals surface area (Å²) in [7, 11) is 0. The highest BCUT2D eigenvalue weighted by molar-refractivity contribution is 5.45. The van der Waals surface area contributed by atoms with Crippen LogP contribution in [0.2, 0.25) is 0 Å². The molecule has 1 saturated heterocycles. The molecule has 1 fully saturated rings. The summed E-state index contributed by atoms with van der Waals surface area (Å²) in [5, 5.41) is 0. The van der Waals surface area contributed by atoms with Crippen molar-refractivity contribution < 1.29 is 0 Å². The predicted molar refractivity (Wildman–Crippen MR) is 94.0 cm³/mol. The standard InChI is InChI=1S/C19H21N5/c1-7-20-8-2-16(1)15-24-14-11-22-19(24)17-5-12-23(13-6-17)18-3-9-21-10-4-18/h1-4,7-11,14,17H,5-6,12-13,15H2. The second-order valence-corrected chi connectivity index (χ2v) is 6.24. The van der Waals surface area contributed by atoms with E-state index in [9.17, 15) is 0 Å². The Morgan fingerprint density at radius 3 is 2.25 bits per heavy atom. The van der Waals surface area contributed by atoms with Crippen molar-refractivity contribution in [3.05, 3.63) is 72.8 Å². The normalized spacial score (nSPS) is 15.6. The van der Waals surface area contributed by atoms with Gasteiger partial charge in [0, 0.05) is 68.4 Å². The van der Waals surface area contributed by atoms with Crippen molar-refractivity contribution in [2.24, 2.45) is 0 Å². The number of hydrogen-bond acceptors (Lipinski definition) is 4. The summed E-state index contributed by atoms with van der Waals surface area (Å²) in [4.78, 5) is 15.3. The van der Waals surface area contributed by atoms with Gasteiger partial charge in [-0.2, -0.15) is 0 Å². The van der Waals surface area contributed by atoms with Crippen LogP contribution in [0.4, 0.5) is 5.69 Å². The van der Waals surface area contributed by atoms with Crippen LogP contribution in [0.1, 0.15) is 30.1 Å². The monoisotopic (exact) mass is 319 g/mol. The maximum atomic E-state index is 4.65. The first-order chi connectivity index (χ1) is 11.9. The van der Waals surface area contributed by atoms with E-state index < -0.39 is 0 Å². The zero-order valence-corrected chi connectivity index (χ0v) is 13.6. The Hall–Kier alpha value is -2.69. The van der Waals surface area contributed by atoms with Gasteiger partial charge in [-0.15, -0.1) is 0 Å². The number of pyridine rings is 2. The van der Waals surface area contributed by atoms with Crippen LogP contribution in [0.25, 0.3) is 0 Å². The van der Waals surface area contributed by atoms with Crippen molar-refractivity contribution in [2.75, 3.05) is 18.0 Å². The average Bonchev–Trinajstić information content (AvgIpc) is 3.11. The summed E-state index contributed by atoms with van der Waals surface area (Å²) in [6.45, 7) is 3.00. The topological polar surface area (TPSA) is 46.8 Å². The third-order valence-corrected chi connectivity index (χ3v) is 4.74. The van der Waals surface area contributed by atoms with E-state index in [1.807, 2.05) is 31.0 Å². The molecule has 0 aliphatic carbocycles. The SMILES string of the molecule is c1cc(Cn2ccnc2C2CCN(c3ccncc3)CC2)ccn1. The minimum atomic E-state index is 0.528. The Labute approximate surface area is 142 Å². The van der Waals surface area contributed by atoms with Crippen LogP contribution in [-0.4, -0.2) is 32.6 Å². The molecule has 24 heavy (non-hydrogen) atoms. The van der Waals surface area contributed by atoms with Crippen LogP contribution in [0.5, 0.6) is 0 Å². The molecule has 3 aromatic rings. The number of imidazole rings is 1. The van der Waals surface area contributed by atoms with Crippen LogP contribution >= 0.6 is 0 Å². The van der Waals surface area contributed by atoms with Crippen LogP contribution in [0.15, 0.2) is 61.4 Å². The Balaban J connectivity index is 1.44. The van der Waals surface area contributed by atoms with Gasteiger partial charge in [-0.05, 0) is 42.7 Å². The van der Waals surface area contributed by atoms with Crippen molar-refractivity contribution >= 4 is 5.69 Å². The van der Waals surface area contributed by atoms with Gasteiger partial charge in [0.1, 0.15) is 5.82 Å². The smallest absolute Gasteiger partial charge is 0.112 e. The molecule has 3 aromatic heterocycles. The summed E-state index contributed by atoms with van der Waals surface area (Å²) in [6.07, 6.45) is 13.7. The van der Waals surface area contributed by atoms with Crippen LogP contribution in [0, 0.1) is 0 Å². The number of rotatable bonds is 4. The molecular formula is C19H21N5. The third-order valence-electron chi connectivity index (χ3n) is 4.74. The second-order valence-electron chi connectivity index (χ2n) is 6.24. The van der Waals surface area contributed by atoms with E-state index in [-0.39, 0.29) is 0 Å². The summed E-state index contributed by atoms with van der Waals surface area (Å²) in [6, 6.07) is 8.31. The molecule has 4 rings (SSSR count). The fraction of sp³-hybridized carbons (Fsp3) is 0.316. The van der Waals surface area contributed by atoms with Crippen LogP contribution < -0.4 is 4.90 Å². The Morgan fingerprint density at radius 2 is 1.54 bits per heavy atom. The first-order valence-electron chi connectivity index (χ1n) is 8.45. The second kappa shape index (κ2) is 6.83. The molecule has 5 heteroatoms. The number of hydrogen-bond donors (Lipinski definition) is 0. The van der Waals surface area contributed by atoms with E-state index >= 15 is 0 Å². The van der Waals surface area contributed by atoms with Crippen molar-refractivity contribution in [3.8, 4) is 0 Å². The third kappa shape index (κ3) is 3.15. The molecule has 0 spiro atoms. The van der Waals surface area contributed by atoms with Gasteiger partial charge in [0.2, 0.25) is 0 Å². The van der Waals surface area contributed by atoms with Gasteiger partial charge in [-0.1, -0.05) is 0 Å². The molecule has 5 nitrogen and oxygen atoms in total. The van der Waals surface area contributed by atoms with E-state index in [0.29, 0.717) is 5.92 Å². The fourth-order valence-electron chi connectivity index (χ4n) is 3.45. The number of nitrogens with zero attached hydrogens (tertiary/aromatic N) is 5. The van der Waals surface area contributed by atoms with Gasteiger partial charge >= 0.3 is 0 Å². The van der Waals surface area contributed by atoms with E-state index in [1.54, 1.807) is 0 Å². The highest BCUT2D eigenvalue weighted by Gasteiger charge is 2.24. The van der Waals surface area contributed by atoms with Gasteiger partial charge in [-0.25, -0.2) is 4.98 Å². The van der Waals surface area contributed by atoms with Gasteiger partial charge in [0.05, 0.1) is 0 Å². The molecular weight excluding hydrogens is 298 g/mol. The molecule has 0 N–H and O–H groups in total. The lowest BCUT2D eigenvalue weighted by atomic mass is 9.95. The lowest BCUT2D eigenvalue weighted by molar-refractivity contribution is 0.470. The summed E-state index contributed by atoms with van der Waals surface area (Å²) in [5.74, 6) is 1.74. The van der Waals surface area contributed by atoms with Gasteiger partial charge in [0.25, 0.3) is 0 Å². The predicted octanol–water partition coefficient (Wildman–Crippen LogP) is 3.11. The van der Waals surface area contributed by atoms with Gasteiger partial charge in [0.15, 0.2) is 0 Å². The molecule has 4 heterocycles. The number of anilines is 1. The van der Waals surface area contributed by atoms with Crippen molar-refractivity contribution in [1.29, 1.82) is 0 Å². The average molecular weight is 319 g/mol. The van der Waals surface area contributed by atoms with Crippen LogP contribution in [-0.2, 0) is 6.54 Å². The number of piperidine rings is 1. The van der Waals surface area contributed by atoms with Gasteiger partial charge in [-0.3, -0.25) is 9.97 Å². The zero-order valence-electron chi connectivity index (χ0n) is 13.6. The minimum absolute atomic E-state index is 0.528. The lowest BCUT2D eigenvalue weighted by Crippen LogP contribution is -2.33. The van der Waals surface area contributed by atoms with Crippen LogP contribution in [0.3, 0.4) is 0 Å². The maximum absolute atomic E-state index is 4.65. The fourth-order valence-corrected chi connectivity index (χ4v) is 3.45. The molecule has 0 saturated carbocycles.